The molecule has 0 aliphatic heterocycles. The topological polar surface area (TPSA) is 29.1 Å². The highest BCUT2D eigenvalue weighted by molar-refractivity contribution is 6.42. The summed E-state index contributed by atoms with van der Waals surface area (Å²) in [5.74, 6) is 0. The van der Waals surface area contributed by atoms with E-state index in [1.165, 1.54) is 0 Å². The first-order valence-corrected chi connectivity index (χ1v) is 3.91. The van der Waals surface area contributed by atoms with Crippen LogP contribution in [0.1, 0.15) is 0 Å². The van der Waals surface area contributed by atoms with Crippen LogP contribution < -0.4 is 5.32 Å². The number of benzene rings is 1. The van der Waals surface area contributed by atoms with Gasteiger partial charge in [-0.05, 0) is 18.2 Å². The van der Waals surface area contributed by atoms with Crippen LogP contribution >= 0.6 is 23.2 Å². The van der Waals surface area contributed by atoms with Gasteiger partial charge in [0.2, 0.25) is 0 Å². The van der Waals surface area contributed by atoms with E-state index >= 15 is 0 Å². The zero-order valence-corrected chi connectivity index (χ0v) is 8.12. The van der Waals surface area contributed by atoms with E-state index in [0.29, 0.717) is 10.0 Å². The first-order chi connectivity index (χ1) is 5.74. The molecule has 1 aromatic rings. The number of anilines is 1. The molecule has 0 saturated carbocycles. The minimum atomic E-state index is 0.577. The SMILES string of the molecule is C=O.CNc1ccc(Cl)c(Cl)c1. The van der Waals surface area contributed by atoms with Crippen LogP contribution in [-0.2, 0) is 4.79 Å². The Hall–Kier alpha value is -0.730. The predicted molar refractivity (Wildman–Crippen MR) is 53.1 cm³/mol. The largest absolute Gasteiger partial charge is 0.388 e. The van der Waals surface area contributed by atoms with E-state index in [9.17, 15) is 0 Å². The summed E-state index contributed by atoms with van der Waals surface area (Å²) < 4.78 is 0. The van der Waals surface area contributed by atoms with Gasteiger partial charge in [-0.3, -0.25) is 0 Å². The van der Waals surface area contributed by atoms with Crippen molar-refractivity contribution in [2.75, 3.05) is 12.4 Å². The van der Waals surface area contributed by atoms with Gasteiger partial charge in [-0.15, -0.1) is 0 Å². The quantitative estimate of drug-likeness (QED) is 0.765. The second-order valence-electron chi connectivity index (χ2n) is 1.88. The highest BCUT2D eigenvalue weighted by Crippen LogP contribution is 2.24. The van der Waals surface area contributed by atoms with Gasteiger partial charge in [0.05, 0.1) is 10.0 Å². The maximum absolute atomic E-state index is 8.00. The number of nitrogens with one attached hydrogen (secondary N) is 1. The summed E-state index contributed by atoms with van der Waals surface area (Å²) >= 11 is 11.4. The lowest BCUT2D eigenvalue weighted by Crippen LogP contribution is -1.86. The Morgan fingerprint density at radius 3 is 2.25 bits per heavy atom. The van der Waals surface area contributed by atoms with Crippen molar-refractivity contribution >= 4 is 35.7 Å². The van der Waals surface area contributed by atoms with E-state index in [4.69, 9.17) is 28.0 Å². The summed E-state index contributed by atoms with van der Waals surface area (Å²) in [6.45, 7) is 2.00. The van der Waals surface area contributed by atoms with Crippen LogP contribution in [-0.4, -0.2) is 13.8 Å². The van der Waals surface area contributed by atoms with E-state index in [1.807, 2.05) is 19.9 Å². The Bertz CT molecular complexity index is 253. The average Bonchev–Trinajstić information content (AvgIpc) is 2.13. The van der Waals surface area contributed by atoms with Gasteiger partial charge in [-0.25, -0.2) is 0 Å². The van der Waals surface area contributed by atoms with E-state index in [1.54, 1.807) is 12.1 Å². The summed E-state index contributed by atoms with van der Waals surface area (Å²) in [7, 11) is 1.83. The fourth-order valence-corrected chi connectivity index (χ4v) is 0.950. The zero-order valence-electron chi connectivity index (χ0n) is 6.60. The number of hydrogen-bond donors (Lipinski definition) is 1. The monoisotopic (exact) mass is 205 g/mol. The molecule has 0 saturated heterocycles. The van der Waals surface area contributed by atoms with Crippen LogP contribution in [0.5, 0.6) is 0 Å². The summed E-state index contributed by atoms with van der Waals surface area (Å²) in [5, 5.41) is 4.11. The lowest BCUT2D eigenvalue weighted by Gasteiger charge is -2.00. The third-order valence-corrected chi connectivity index (χ3v) is 1.95. The zero-order chi connectivity index (χ0) is 9.56. The molecule has 12 heavy (non-hydrogen) atoms. The molecule has 1 aromatic carbocycles. The molecule has 0 fully saturated rings. The fraction of sp³-hybridized carbons (Fsp3) is 0.125. The van der Waals surface area contributed by atoms with Crippen molar-refractivity contribution in [1.29, 1.82) is 0 Å². The van der Waals surface area contributed by atoms with Crippen LogP contribution in [0.4, 0.5) is 5.69 Å². The minimum absolute atomic E-state index is 0.577. The van der Waals surface area contributed by atoms with Crippen molar-refractivity contribution in [2.24, 2.45) is 0 Å². The van der Waals surface area contributed by atoms with Gasteiger partial charge in [0.25, 0.3) is 0 Å². The van der Waals surface area contributed by atoms with Gasteiger partial charge < -0.3 is 10.1 Å². The van der Waals surface area contributed by atoms with Gasteiger partial charge >= 0.3 is 0 Å². The average molecular weight is 206 g/mol. The molecule has 1 N–H and O–H groups in total. The van der Waals surface area contributed by atoms with Gasteiger partial charge in [-0.1, -0.05) is 23.2 Å². The lowest BCUT2D eigenvalue weighted by atomic mass is 10.3. The maximum Gasteiger partial charge on any atom is 0.106 e. The molecule has 0 heterocycles. The van der Waals surface area contributed by atoms with E-state index < -0.39 is 0 Å². The van der Waals surface area contributed by atoms with Crippen LogP contribution in [0, 0.1) is 0 Å². The van der Waals surface area contributed by atoms with Crippen LogP contribution in [0.25, 0.3) is 0 Å². The lowest BCUT2D eigenvalue weighted by molar-refractivity contribution is -0.0979. The van der Waals surface area contributed by atoms with Gasteiger partial charge in [0.15, 0.2) is 0 Å². The molecule has 0 radical (unpaired) electrons. The number of carbonyl (C=O) groups excluding carboxylic acids is 1. The molecule has 0 aromatic heterocycles. The molecular weight excluding hydrogens is 197 g/mol. The molecule has 2 nitrogen and oxygen atoms in total. The number of hydrogen-bond acceptors (Lipinski definition) is 2. The Morgan fingerprint density at radius 1 is 1.25 bits per heavy atom. The van der Waals surface area contributed by atoms with E-state index in [-0.39, 0.29) is 0 Å². The summed E-state index contributed by atoms with van der Waals surface area (Å²) in [6, 6.07) is 5.41. The van der Waals surface area contributed by atoms with Crippen molar-refractivity contribution in [3.63, 3.8) is 0 Å². The predicted octanol–water partition coefficient (Wildman–Crippen LogP) is 2.85. The summed E-state index contributed by atoms with van der Waals surface area (Å²) in [4.78, 5) is 8.00. The van der Waals surface area contributed by atoms with Crippen LogP contribution in [0.15, 0.2) is 18.2 Å². The number of rotatable bonds is 1. The Kier molecular flexibility index (Phi) is 5.51. The highest BCUT2D eigenvalue weighted by Gasteiger charge is 1.95. The van der Waals surface area contributed by atoms with E-state index in [2.05, 4.69) is 5.32 Å². The number of carbonyl (C=O) groups is 1. The molecule has 0 spiro atoms. The Balaban J connectivity index is 0.000000561. The van der Waals surface area contributed by atoms with Crippen molar-refractivity contribution in [3.05, 3.63) is 28.2 Å². The second-order valence-corrected chi connectivity index (χ2v) is 2.69. The van der Waals surface area contributed by atoms with Crippen LogP contribution in [0.2, 0.25) is 10.0 Å². The van der Waals surface area contributed by atoms with Crippen LogP contribution in [0.3, 0.4) is 0 Å². The molecule has 0 bridgehead atoms. The Morgan fingerprint density at radius 2 is 1.83 bits per heavy atom. The number of halogens is 2. The highest BCUT2D eigenvalue weighted by atomic mass is 35.5. The first-order valence-electron chi connectivity index (χ1n) is 3.15. The molecule has 0 aliphatic rings. The maximum atomic E-state index is 8.00. The molecule has 0 aliphatic carbocycles. The third kappa shape index (κ3) is 3.11. The standard InChI is InChI=1S/C7H7Cl2N.CH2O/c1-10-5-2-3-6(8)7(9)4-5;1-2/h2-4,10H,1H3;1H2. The second kappa shape index (κ2) is 5.86. The Labute approximate surface area is 81.5 Å². The molecule has 0 unspecified atom stereocenters. The van der Waals surface area contributed by atoms with E-state index in [0.717, 1.165) is 5.69 Å². The summed E-state index contributed by atoms with van der Waals surface area (Å²) in [6.07, 6.45) is 0. The molecule has 0 amide bonds. The fourth-order valence-electron chi connectivity index (χ4n) is 0.652. The third-order valence-electron chi connectivity index (χ3n) is 1.21. The molecule has 0 atom stereocenters. The van der Waals surface area contributed by atoms with Crippen molar-refractivity contribution in [1.82, 2.24) is 0 Å². The molecular formula is C8H9Cl2NO. The van der Waals surface area contributed by atoms with Crippen molar-refractivity contribution in [2.45, 2.75) is 0 Å². The molecule has 1 rings (SSSR count). The smallest absolute Gasteiger partial charge is 0.106 e. The molecule has 4 heteroatoms. The summed E-state index contributed by atoms with van der Waals surface area (Å²) in [5.41, 5.74) is 0.967. The molecule has 66 valence electrons. The van der Waals surface area contributed by atoms with Gasteiger partial charge in [0.1, 0.15) is 6.79 Å². The van der Waals surface area contributed by atoms with Gasteiger partial charge in [-0.2, -0.15) is 0 Å². The normalized spacial score (nSPS) is 8.25. The van der Waals surface area contributed by atoms with Gasteiger partial charge in [0, 0.05) is 12.7 Å². The van der Waals surface area contributed by atoms with Crippen molar-refractivity contribution in [3.8, 4) is 0 Å². The van der Waals surface area contributed by atoms with Crippen molar-refractivity contribution < 1.29 is 4.79 Å². The minimum Gasteiger partial charge on any atom is -0.388 e. The first kappa shape index (κ1) is 11.3.